The second kappa shape index (κ2) is 9.30. The van der Waals surface area contributed by atoms with Crippen molar-refractivity contribution in [1.82, 2.24) is 9.80 Å². The third-order valence-corrected chi connectivity index (χ3v) is 4.00. The molecule has 1 heterocycles. The molecule has 0 aromatic heterocycles. The van der Waals surface area contributed by atoms with Gasteiger partial charge in [-0.05, 0) is 26.8 Å². The number of rotatable bonds is 5. The molecule has 1 saturated heterocycles. The van der Waals surface area contributed by atoms with Crippen LogP contribution in [0.3, 0.4) is 0 Å². The molecule has 27 heavy (non-hydrogen) atoms. The van der Waals surface area contributed by atoms with E-state index in [-0.39, 0.29) is 6.09 Å². The number of nitrogens with two attached hydrogens (primary N) is 1. The number of carbonyl (C=O) groups excluding carboxylic acids is 1. The molecule has 0 unspecified atom stereocenters. The number of guanidine groups is 1. The van der Waals surface area contributed by atoms with Gasteiger partial charge in [-0.25, -0.2) is 9.79 Å². The van der Waals surface area contributed by atoms with E-state index < -0.39 is 5.60 Å². The molecule has 1 aliphatic heterocycles. The second-order valence-electron chi connectivity index (χ2n) is 7.34. The summed E-state index contributed by atoms with van der Waals surface area (Å²) in [6, 6.07) is 7.74. The molecule has 7 heteroatoms. The zero-order valence-corrected chi connectivity index (χ0v) is 16.5. The van der Waals surface area contributed by atoms with E-state index in [1.54, 1.807) is 11.0 Å². The first-order valence-electron chi connectivity index (χ1n) is 9.14. The smallest absolute Gasteiger partial charge is 0.410 e. The van der Waals surface area contributed by atoms with Gasteiger partial charge in [0, 0.05) is 31.7 Å². The van der Waals surface area contributed by atoms with Gasteiger partial charge in [0.1, 0.15) is 18.0 Å². The number of hydrogen-bond donors (Lipinski definition) is 1. The maximum atomic E-state index is 12.1. The van der Waals surface area contributed by atoms with E-state index in [1.807, 2.05) is 49.9 Å². The molecule has 7 nitrogen and oxygen atoms in total. The predicted octanol–water partition coefficient (Wildman–Crippen LogP) is 2.62. The Kier molecular flexibility index (Phi) is 7.10. The number of ether oxygens (including phenoxy) is 2. The third-order valence-electron chi connectivity index (χ3n) is 4.00. The van der Waals surface area contributed by atoms with E-state index in [1.165, 1.54) is 0 Å². The predicted molar refractivity (Wildman–Crippen MR) is 107 cm³/mol. The topological polar surface area (TPSA) is 80.4 Å². The number of para-hydroxylation sites is 1. The molecule has 0 bridgehead atoms. The quantitative estimate of drug-likeness (QED) is 0.487. The van der Waals surface area contributed by atoms with Crippen LogP contribution in [0, 0.1) is 0 Å². The summed E-state index contributed by atoms with van der Waals surface area (Å²) in [6.07, 6.45) is 1.42. The van der Waals surface area contributed by atoms with Crippen molar-refractivity contribution in [3.05, 3.63) is 42.5 Å². The minimum atomic E-state index is -0.490. The molecule has 1 aromatic carbocycles. The van der Waals surface area contributed by atoms with Gasteiger partial charge in [0.05, 0.1) is 6.54 Å². The van der Waals surface area contributed by atoms with Crippen LogP contribution in [0.2, 0.25) is 0 Å². The van der Waals surface area contributed by atoms with Gasteiger partial charge in [0.25, 0.3) is 0 Å². The molecule has 1 aromatic rings. The Balaban J connectivity index is 1.89. The minimum Gasteiger partial charge on any atom is -0.489 e. The monoisotopic (exact) mass is 374 g/mol. The van der Waals surface area contributed by atoms with Gasteiger partial charge in [0.15, 0.2) is 5.96 Å². The SMILES string of the molecule is C=CCOc1ccccc1CN=C(N)N1CCN(C(=O)OC(C)(C)C)CC1. The first-order valence-corrected chi connectivity index (χ1v) is 9.14. The number of carbonyl (C=O) groups is 1. The van der Waals surface area contributed by atoms with Crippen molar-refractivity contribution in [2.24, 2.45) is 10.7 Å². The second-order valence-corrected chi connectivity index (χ2v) is 7.34. The lowest BCUT2D eigenvalue weighted by molar-refractivity contribution is 0.0186. The molecular formula is C20H30N4O3. The van der Waals surface area contributed by atoms with Crippen LogP contribution in [-0.4, -0.2) is 60.2 Å². The number of hydrogen-bond acceptors (Lipinski definition) is 4. The van der Waals surface area contributed by atoms with Crippen molar-refractivity contribution < 1.29 is 14.3 Å². The Hall–Kier alpha value is -2.70. The van der Waals surface area contributed by atoms with Gasteiger partial charge < -0.3 is 25.0 Å². The number of nitrogens with zero attached hydrogens (tertiary/aromatic N) is 3. The first kappa shape index (κ1) is 20.6. The molecule has 2 rings (SSSR count). The van der Waals surface area contributed by atoms with Crippen molar-refractivity contribution in [2.45, 2.75) is 32.9 Å². The fourth-order valence-corrected chi connectivity index (χ4v) is 2.63. The standard InChI is InChI=1S/C20H30N4O3/c1-5-14-26-17-9-7-6-8-16(17)15-22-18(21)23-10-12-24(13-11-23)19(25)27-20(2,3)4/h5-9H,1,10-15H2,2-4H3,(H2,21,22). The van der Waals surface area contributed by atoms with Gasteiger partial charge in [-0.3, -0.25) is 0 Å². The summed E-state index contributed by atoms with van der Waals surface area (Å²) in [5.74, 6) is 1.25. The Morgan fingerprint density at radius 2 is 1.85 bits per heavy atom. The highest BCUT2D eigenvalue weighted by Crippen LogP contribution is 2.19. The van der Waals surface area contributed by atoms with Crippen molar-refractivity contribution >= 4 is 12.1 Å². The molecule has 148 valence electrons. The molecule has 1 aliphatic rings. The molecule has 0 radical (unpaired) electrons. The van der Waals surface area contributed by atoms with Gasteiger partial charge in [-0.2, -0.15) is 0 Å². The zero-order valence-electron chi connectivity index (χ0n) is 16.5. The van der Waals surface area contributed by atoms with Gasteiger partial charge in [0.2, 0.25) is 0 Å². The van der Waals surface area contributed by atoms with Crippen LogP contribution in [0.1, 0.15) is 26.3 Å². The summed E-state index contributed by atoms with van der Waals surface area (Å²) in [4.78, 5) is 20.3. The van der Waals surface area contributed by atoms with E-state index in [0.29, 0.717) is 45.3 Å². The highest BCUT2D eigenvalue weighted by Gasteiger charge is 2.26. The molecule has 1 amide bonds. The van der Waals surface area contributed by atoms with Crippen molar-refractivity contribution in [3.8, 4) is 5.75 Å². The lowest BCUT2D eigenvalue weighted by atomic mass is 10.2. The molecule has 2 N–H and O–H groups in total. The largest absolute Gasteiger partial charge is 0.489 e. The highest BCUT2D eigenvalue weighted by molar-refractivity contribution is 5.78. The number of aliphatic imine (C=N–C) groups is 1. The average molecular weight is 374 g/mol. The van der Waals surface area contributed by atoms with Gasteiger partial charge >= 0.3 is 6.09 Å². The number of benzene rings is 1. The summed E-state index contributed by atoms with van der Waals surface area (Å²) in [7, 11) is 0. The van der Waals surface area contributed by atoms with Crippen LogP contribution in [0.4, 0.5) is 4.79 Å². The summed E-state index contributed by atoms with van der Waals surface area (Å²) < 4.78 is 11.1. The first-order chi connectivity index (χ1) is 12.8. The van der Waals surface area contributed by atoms with Crippen molar-refractivity contribution in [1.29, 1.82) is 0 Å². The van der Waals surface area contributed by atoms with Crippen LogP contribution in [-0.2, 0) is 11.3 Å². The van der Waals surface area contributed by atoms with E-state index in [2.05, 4.69) is 11.6 Å². The fourth-order valence-electron chi connectivity index (χ4n) is 2.63. The van der Waals surface area contributed by atoms with Crippen LogP contribution in [0.5, 0.6) is 5.75 Å². The molecule has 0 spiro atoms. The summed E-state index contributed by atoms with van der Waals surface area (Å²) in [5, 5.41) is 0. The fraction of sp³-hybridized carbons (Fsp3) is 0.500. The lowest BCUT2D eigenvalue weighted by Crippen LogP contribution is -2.53. The van der Waals surface area contributed by atoms with E-state index in [0.717, 1.165) is 11.3 Å². The average Bonchev–Trinajstić information content (AvgIpc) is 2.63. The van der Waals surface area contributed by atoms with E-state index in [4.69, 9.17) is 15.2 Å². The van der Waals surface area contributed by atoms with Crippen LogP contribution < -0.4 is 10.5 Å². The van der Waals surface area contributed by atoms with E-state index in [9.17, 15) is 4.79 Å². The Labute approximate surface area is 161 Å². The van der Waals surface area contributed by atoms with Crippen LogP contribution in [0.25, 0.3) is 0 Å². The van der Waals surface area contributed by atoms with Crippen LogP contribution >= 0.6 is 0 Å². The van der Waals surface area contributed by atoms with Gasteiger partial charge in [-0.1, -0.05) is 30.9 Å². The van der Waals surface area contributed by atoms with Crippen molar-refractivity contribution in [3.63, 3.8) is 0 Å². The molecule has 1 fully saturated rings. The normalized spacial score (nSPS) is 15.4. The maximum Gasteiger partial charge on any atom is 0.410 e. The number of piperazine rings is 1. The Bertz CT molecular complexity index is 674. The third kappa shape index (κ3) is 6.51. The van der Waals surface area contributed by atoms with Crippen molar-refractivity contribution in [2.75, 3.05) is 32.8 Å². The Morgan fingerprint density at radius 1 is 1.22 bits per heavy atom. The Morgan fingerprint density at radius 3 is 2.48 bits per heavy atom. The molecule has 0 aliphatic carbocycles. The minimum absolute atomic E-state index is 0.286. The van der Waals surface area contributed by atoms with Gasteiger partial charge in [-0.15, -0.1) is 0 Å². The molecule has 0 saturated carbocycles. The van der Waals surface area contributed by atoms with Crippen LogP contribution in [0.15, 0.2) is 41.9 Å². The summed E-state index contributed by atoms with van der Waals surface area (Å²) in [6.45, 7) is 12.5. The highest BCUT2D eigenvalue weighted by atomic mass is 16.6. The molecular weight excluding hydrogens is 344 g/mol. The zero-order chi connectivity index (χ0) is 19.9. The lowest BCUT2D eigenvalue weighted by Gasteiger charge is -2.36. The molecule has 0 atom stereocenters. The summed E-state index contributed by atoms with van der Waals surface area (Å²) in [5.41, 5.74) is 6.63. The number of amides is 1. The van der Waals surface area contributed by atoms with E-state index >= 15 is 0 Å². The summed E-state index contributed by atoms with van der Waals surface area (Å²) >= 11 is 0. The maximum absolute atomic E-state index is 12.1.